The van der Waals surface area contributed by atoms with Crippen molar-refractivity contribution in [2.75, 3.05) is 24.5 Å². The molecule has 0 radical (unpaired) electrons. The number of amides is 1. The standard InChI is InChI=1S/C19H26N4OS/c1-15(24)23(18-7-8-18)19-21-17(14-25-19)13-22(12-10-20)11-9-16-5-3-2-4-6-16/h2-6,14,18H,7-13,20H2,1H3. The fraction of sp³-hybridized carbons (Fsp3) is 0.474. The van der Waals surface area contributed by atoms with Gasteiger partial charge in [0.1, 0.15) is 0 Å². The number of nitrogens with zero attached hydrogens (tertiary/aromatic N) is 3. The van der Waals surface area contributed by atoms with Gasteiger partial charge in [0, 0.05) is 44.5 Å². The number of carbonyl (C=O) groups is 1. The molecule has 1 aromatic heterocycles. The average Bonchev–Trinajstić information content (AvgIpc) is 3.33. The normalized spacial score (nSPS) is 14.0. The van der Waals surface area contributed by atoms with E-state index in [9.17, 15) is 4.79 Å². The van der Waals surface area contributed by atoms with Crippen LogP contribution in [0.4, 0.5) is 5.13 Å². The maximum Gasteiger partial charge on any atom is 0.225 e. The van der Waals surface area contributed by atoms with E-state index in [-0.39, 0.29) is 5.91 Å². The van der Waals surface area contributed by atoms with Gasteiger partial charge >= 0.3 is 0 Å². The van der Waals surface area contributed by atoms with Gasteiger partial charge in [-0.05, 0) is 24.8 Å². The molecule has 3 rings (SSSR count). The first-order valence-electron chi connectivity index (χ1n) is 8.88. The van der Waals surface area contributed by atoms with E-state index in [1.54, 1.807) is 18.3 Å². The van der Waals surface area contributed by atoms with Crippen molar-refractivity contribution in [2.45, 2.75) is 38.8 Å². The number of benzene rings is 1. The summed E-state index contributed by atoms with van der Waals surface area (Å²) in [5, 5.41) is 2.90. The van der Waals surface area contributed by atoms with Crippen molar-refractivity contribution >= 4 is 22.4 Å². The predicted molar refractivity (Wildman–Crippen MR) is 103 cm³/mol. The second-order valence-electron chi connectivity index (χ2n) is 6.54. The highest BCUT2D eigenvalue weighted by molar-refractivity contribution is 7.14. The third-order valence-electron chi connectivity index (χ3n) is 4.39. The summed E-state index contributed by atoms with van der Waals surface area (Å²) in [5.41, 5.74) is 8.14. The number of aromatic nitrogens is 1. The number of anilines is 1. The van der Waals surface area contributed by atoms with Gasteiger partial charge in [-0.3, -0.25) is 14.6 Å². The summed E-state index contributed by atoms with van der Waals surface area (Å²) in [6.45, 7) is 4.83. The van der Waals surface area contributed by atoms with Crippen LogP contribution in [0.3, 0.4) is 0 Å². The summed E-state index contributed by atoms with van der Waals surface area (Å²) in [6, 6.07) is 10.9. The molecule has 0 aliphatic heterocycles. The largest absolute Gasteiger partial charge is 0.329 e. The van der Waals surface area contributed by atoms with Crippen molar-refractivity contribution in [1.29, 1.82) is 0 Å². The number of rotatable bonds is 9. The van der Waals surface area contributed by atoms with Crippen LogP contribution in [0.5, 0.6) is 0 Å². The van der Waals surface area contributed by atoms with E-state index in [1.807, 2.05) is 11.0 Å². The topological polar surface area (TPSA) is 62.5 Å². The van der Waals surface area contributed by atoms with Crippen molar-refractivity contribution in [1.82, 2.24) is 9.88 Å². The maximum absolute atomic E-state index is 11.9. The maximum atomic E-state index is 11.9. The Labute approximate surface area is 153 Å². The van der Waals surface area contributed by atoms with E-state index in [0.29, 0.717) is 12.6 Å². The van der Waals surface area contributed by atoms with Crippen molar-refractivity contribution < 1.29 is 4.79 Å². The fourth-order valence-corrected chi connectivity index (χ4v) is 3.90. The van der Waals surface area contributed by atoms with Gasteiger partial charge in [-0.25, -0.2) is 4.98 Å². The van der Waals surface area contributed by atoms with E-state index in [2.05, 4.69) is 34.5 Å². The van der Waals surface area contributed by atoms with Crippen LogP contribution in [0.1, 0.15) is 31.0 Å². The molecule has 1 aliphatic carbocycles. The van der Waals surface area contributed by atoms with Gasteiger partial charge in [0.15, 0.2) is 5.13 Å². The monoisotopic (exact) mass is 358 g/mol. The number of hydrogen-bond acceptors (Lipinski definition) is 5. The molecule has 0 atom stereocenters. The highest BCUT2D eigenvalue weighted by Crippen LogP contribution is 2.33. The van der Waals surface area contributed by atoms with Crippen LogP contribution in [-0.4, -0.2) is 41.5 Å². The fourth-order valence-electron chi connectivity index (χ4n) is 2.97. The molecule has 1 heterocycles. The van der Waals surface area contributed by atoms with Gasteiger partial charge in [0.25, 0.3) is 0 Å². The molecule has 5 nitrogen and oxygen atoms in total. The zero-order chi connectivity index (χ0) is 17.6. The van der Waals surface area contributed by atoms with Crippen molar-refractivity contribution in [3.8, 4) is 0 Å². The SMILES string of the molecule is CC(=O)N(c1nc(CN(CCN)CCc2ccccc2)cs1)C1CC1. The lowest BCUT2D eigenvalue weighted by Crippen LogP contribution is -2.32. The number of carbonyl (C=O) groups excluding carboxylic acids is 1. The van der Waals surface area contributed by atoms with Crippen LogP contribution in [0.25, 0.3) is 0 Å². The summed E-state index contributed by atoms with van der Waals surface area (Å²) in [7, 11) is 0. The first-order valence-corrected chi connectivity index (χ1v) is 9.76. The van der Waals surface area contributed by atoms with E-state index >= 15 is 0 Å². The quantitative estimate of drug-likeness (QED) is 0.749. The molecule has 0 saturated heterocycles. The number of hydrogen-bond donors (Lipinski definition) is 1. The third kappa shape index (κ3) is 5.11. The molecule has 2 aromatic rings. The lowest BCUT2D eigenvalue weighted by atomic mass is 10.1. The van der Waals surface area contributed by atoms with Crippen molar-refractivity contribution in [2.24, 2.45) is 5.73 Å². The molecular formula is C19H26N4OS. The van der Waals surface area contributed by atoms with Crippen LogP contribution in [0, 0.1) is 0 Å². The molecule has 25 heavy (non-hydrogen) atoms. The zero-order valence-electron chi connectivity index (χ0n) is 14.7. The van der Waals surface area contributed by atoms with Crippen molar-refractivity contribution in [3.63, 3.8) is 0 Å². The lowest BCUT2D eigenvalue weighted by Gasteiger charge is -2.21. The Morgan fingerprint density at radius 1 is 1.28 bits per heavy atom. The van der Waals surface area contributed by atoms with Gasteiger partial charge in [0.2, 0.25) is 5.91 Å². The van der Waals surface area contributed by atoms with E-state index < -0.39 is 0 Å². The van der Waals surface area contributed by atoms with Crippen LogP contribution in [0.2, 0.25) is 0 Å². The molecule has 134 valence electrons. The van der Waals surface area contributed by atoms with Crippen LogP contribution >= 0.6 is 11.3 Å². The minimum absolute atomic E-state index is 0.0892. The summed E-state index contributed by atoms with van der Waals surface area (Å²) < 4.78 is 0. The van der Waals surface area contributed by atoms with Gasteiger partial charge < -0.3 is 5.73 Å². The zero-order valence-corrected chi connectivity index (χ0v) is 15.5. The molecule has 1 amide bonds. The summed E-state index contributed by atoms with van der Waals surface area (Å²) in [6.07, 6.45) is 3.18. The first kappa shape index (κ1) is 18.0. The van der Waals surface area contributed by atoms with Crippen molar-refractivity contribution in [3.05, 3.63) is 47.0 Å². The van der Waals surface area contributed by atoms with E-state index in [0.717, 1.165) is 49.7 Å². The molecule has 6 heteroatoms. The van der Waals surface area contributed by atoms with E-state index in [4.69, 9.17) is 10.7 Å². The summed E-state index contributed by atoms with van der Waals surface area (Å²) in [4.78, 5) is 20.8. The average molecular weight is 359 g/mol. The molecule has 2 N–H and O–H groups in total. The lowest BCUT2D eigenvalue weighted by molar-refractivity contribution is -0.116. The Balaban J connectivity index is 1.61. The Morgan fingerprint density at radius 2 is 2.04 bits per heavy atom. The van der Waals surface area contributed by atoms with Gasteiger partial charge in [0.05, 0.1) is 5.69 Å². The second kappa shape index (κ2) is 8.56. The Kier molecular flexibility index (Phi) is 6.18. The molecule has 0 bridgehead atoms. The van der Waals surface area contributed by atoms with Gasteiger partial charge in [-0.15, -0.1) is 11.3 Å². The predicted octanol–water partition coefficient (Wildman–Crippen LogP) is 2.66. The molecule has 1 fully saturated rings. The van der Waals surface area contributed by atoms with E-state index in [1.165, 1.54) is 5.56 Å². The van der Waals surface area contributed by atoms with Crippen LogP contribution in [-0.2, 0) is 17.8 Å². The van der Waals surface area contributed by atoms with Crippen LogP contribution < -0.4 is 10.6 Å². The molecular weight excluding hydrogens is 332 g/mol. The highest BCUT2D eigenvalue weighted by atomic mass is 32.1. The summed E-state index contributed by atoms with van der Waals surface area (Å²) in [5.74, 6) is 0.0892. The number of nitrogens with two attached hydrogens (primary N) is 1. The summed E-state index contributed by atoms with van der Waals surface area (Å²) >= 11 is 1.56. The smallest absolute Gasteiger partial charge is 0.225 e. The Morgan fingerprint density at radius 3 is 2.68 bits per heavy atom. The van der Waals surface area contributed by atoms with Crippen LogP contribution in [0.15, 0.2) is 35.7 Å². The van der Waals surface area contributed by atoms with Gasteiger partial charge in [-0.2, -0.15) is 0 Å². The molecule has 0 unspecified atom stereocenters. The van der Waals surface area contributed by atoms with Gasteiger partial charge in [-0.1, -0.05) is 30.3 Å². The second-order valence-corrected chi connectivity index (χ2v) is 7.38. The molecule has 1 saturated carbocycles. The molecule has 1 aromatic carbocycles. The molecule has 0 spiro atoms. The molecule has 1 aliphatic rings. The number of thiazole rings is 1. The third-order valence-corrected chi connectivity index (χ3v) is 5.28. The minimum atomic E-state index is 0.0892. The minimum Gasteiger partial charge on any atom is -0.329 e. The highest BCUT2D eigenvalue weighted by Gasteiger charge is 2.33. The Bertz CT molecular complexity index is 684. The first-order chi connectivity index (χ1) is 12.2. The Hall–Kier alpha value is -1.76.